The highest BCUT2D eigenvalue weighted by Crippen LogP contribution is 1.97. The number of hydrogen-bond donors (Lipinski definition) is 8. The molecule has 0 aliphatic carbocycles. The molecule has 13 N–H and O–H groups in total. The van der Waals surface area contributed by atoms with E-state index >= 15 is 0 Å². The standard InChI is InChI=1S/C6H14N2O2.C4H10N2O2.CH3NO2/c7-4-2-1-3-5(8)6(9)10;1-2-4(5,6)3(7)8;2-1(3)4/h5H,1-4,7-8H2,(H,9,10);2,5-6H2,1H3,(H,7,8);2H2,(H,3,4). The molecule has 0 heterocycles. The predicted molar refractivity (Wildman–Crippen MR) is 79.8 cm³/mol. The topological polar surface area (TPSA) is 242 Å². The largest absolute Gasteiger partial charge is 0.480 e. The number of rotatable bonds is 7. The molecule has 0 saturated carbocycles. The van der Waals surface area contributed by atoms with E-state index in [9.17, 15) is 9.59 Å². The van der Waals surface area contributed by atoms with E-state index in [0.29, 0.717) is 13.0 Å². The summed E-state index contributed by atoms with van der Waals surface area (Å²) < 4.78 is 0. The lowest BCUT2D eigenvalue weighted by Crippen LogP contribution is -2.55. The summed E-state index contributed by atoms with van der Waals surface area (Å²) in [6.07, 6.45) is 1.07. The van der Waals surface area contributed by atoms with E-state index in [-0.39, 0.29) is 6.42 Å². The summed E-state index contributed by atoms with van der Waals surface area (Å²) in [6, 6.07) is -0.716. The molecule has 1 atom stereocenters. The van der Waals surface area contributed by atoms with Crippen molar-refractivity contribution in [2.45, 2.75) is 44.3 Å². The van der Waals surface area contributed by atoms with Gasteiger partial charge in [0, 0.05) is 0 Å². The van der Waals surface area contributed by atoms with Crippen LogP contribution in [0.4, 0.5) is 4.79 Å². The molecular formula is C11H27N5O6. The Labute approximate surface area is 128 Å². The van der Waals surface area contributed by atoms with E-state index in [1.54, 1.807) is 6.92 Å². The normalized spacial score (nSPS) is 11.1. The Morgan fingerprint density at radius 1 is 1.09 bits per heavy atom. The van der Waals surface area contributed by atoms with E-state index in [2.05, 4.69) is 5.73 Å². The number of nitrogens with two attached hydrogens (primary N) is 5. The molecule has 132 valence electrons. The zero-order valence-electron chi connectivity index (χ0n) is 12.6. The van der Waals surface area contributed by atoms with Crippen LogP contribution >= 0.6 is 0 Å². The maximum atomic E-state index is 10.1. The summed E-state index contributed by atoms with van der Waals surface area (Å²) in [5.41, 5.74) is 23.0. The summed E-state index contributed by atoms with van der Waals surface area (Å²) in [5, 5.41) is 23.7. The maximum absolute atomic E-state index is 10.1. The fraction of sp³-hybridized carbons (Fsp3) is 0.727. The smallest absolute Gasteiger partial charge is 0.402 e. The van der Waals surface area contributed by atoms with Crippen LogP contribution in [0.15, 0.2) is 0 Å². The predicted octanol–water partition coefficient (Wildman–Crippen LogP) is -1.75. The number of unbranched alkanes of at least 4 members (excludes halogenated alkanes) is 1. The summed E-state index contributed by atoms with van der Waals surface area (Å²) in [6.45, 7) is 2.22. The van der Waals surface area contributed by atoms with Gasteiger partial charge >= 0.3 is 18.0 Å². The van der Waals surface area contributed by atoms with Crippen LogP contribution < -0.4 is 28.7 Å². The van der Waals surface area contributed by atoms with Gasteiger partial charge in [0.2, 0.25) is 0 Å². The summed E-state index contributed by atoms with van der Waals surface area (Å²) in [4.78, 5) is 28.9. The first-order valence-corrected chi connectivity index (χ1v) is 6.40. The Hall–Kier alpha value is -1.95. The molecule has 0 saturated heterocycles. The van der Waals surface area contributed by atoms with Crippen LogP contribution in [0.1, 0.15) is 32.6 Å². The van der Waals surface area contributed by atoms with Gasteiger partial charge < -0.3 is 44.0 Å². The third-order valence-electron chi connectivity index (χ3n) is 2.27. The van der Waals surface area contributed by atoms with Crippen LogP contribution in [0.3, 0.4) is 0 Å². The number of carboxylic acid groups (broad SMARTS) is 3. The highest BCUT2D eigenvalue weighted by molar-refractivity contribution is 5.77. The number of amides is 1. The Morgan fingerprint density at radius 3 is 1.68 bits per heavy atom. The molecule has 11 nitrogen and oxygen atoms in total. The quantitative estimate of drug-likeness (QED) is 0.193. The third kappa shape index (κ3) is 20.4. The second-order valence-electron chi connectivity index (χ2n) is 4.27. The number of aliphatic carboxylic acids is 2. The van der Waals surface area contributed by atoms with Crippen molar-refractivity contribution in [3.63, 3.8) is 0 Å². The van der Waals surface area contributed by atoms with Crippen LogP contribution in [-0.4, -0.2) is 51.6 Å². The van der Waals surface area contributed by atoms with Crippen molar-refractivity contribution in [2.75, 3.05) is 6.54 Å². The zero-order valence-corrected chi connectivity index (χ0v) is 12.6. The Bertz CT molecular complexity index is 333. The molecule has 0 rings (SSSR count). The van der Waals surface area contributed by atoms with Crippen molar-refractivity contribution >= 4 is 18.0 Å². The minimum absolute atomic E-state index is 0.238. The van der Waals surface area contributed by atoms with Crippen molar-refractivity contribution in [1.29, 1.82) is 0 Å². The van der Waals surface area contributed by atoms with Gasteiger partial charge in [-0.25, -0.2) is 9.59 Å². The molecule has 1 amide bonds. The average Bonchev–Trinajstić information content (AvgIpc) is 2.38. The number of carbonyl (C=O) groups is 3. The van der Waals surface area contributed by atoms with Gasteiger partial charge in [0.15, 0.2) is 5.66 Å². The lowest BCUT2D eigenvalue weighted by Gasteiger charge is -2.14. The SMILES string of the molecule is CCC(N)(N)C(=O)O.NC(=O)O.NCCCCC(N)C(=O)O. The summed E-state index contributed by atoms with van der Waals surface area (Å²) in [7, 11) is 0. The van der Waals surface area contributed by atoms with Crippen molar-refractivity contribution < 1.29 is 29.7 Å². The first-order valence-electron chi connectivity index (χ1n) is 6.40. The van der Waals surface area contributed by atoms with Gasteiger partial charge in [0.25, 0.3) is 0 Å². The van der Waals surface area contributed by atoms with E-state index < -0.39 is 29.7 Å². The number of carboxylic acids is 2. The summed E-state index contributed by atoms with van der Waals surface area (Å²) >= 11 is 0. The van der Waals surface area contributed by atoms with Crippen LogP contribution in [0.25, 0.3) is 0 Å². The van der Waals surface area contributed by atoms with Gasteiger partial charge in [-0.15, -0.1) is 0 Å². The van der Waals surface area contributed by atoms with Crippen molar-refractivity contribution in [2.24, 2.45) is 28.7 Å². The second kappa shape index (κ2) is 14.0. The highest BCUT2D eigenvalue weighted by atomic mass is 16.4. The van der Waals surface area contributed by atoms with Gasteiger partial charge in [0.1, 0.15) is 6.04 Å². The van der Waals surface area contributed by atoms with Crippen LogP contribution in [0.5, 0.6) is 0 Å². The zero-order chi connectivity index (χ0) is 18.3. The van der Waals surface area contributed by atoms with Gasteiger partial charge in [-0.3, -0.25) is 4.79 Å². The first-order chi connectivity index (χ1) is 9.92. The molecule has 0 aromatic heterocycles. The first kappa shape index (κ1) is 25.0. The number of primary amides is 1. The van der Waals surface area contributed by atoms with Crippen LogP contribution in [0.2, 0.25) is 0 Å². The molecule has 0 bridgehead atoms. The van der Waals surface area contributed by atoms with Gasteiger partial charge in [-0.2, -0.15) is 0 Å². The molecular weight excluding hydrogens is 298 g/mol. The summed E-state index contributed by atoms with van der Waals surface area (Å²) in [5.74, 6) is -2.10. The molecule has 11 heteroatoms. The molecule has 0 aromatic rings. The molecule has 1 unspecified atom stereocenters. The van der Waals surface area contributed by atoms with Crippen molar-refractivity contribution in [1.82, 2.24) is 0 Å². The van der Waals surface area contributed by atoms with E-state index in [0.717, 1.165) is 12.8 Å². The lowest BCUT2D eigenvalue weighted by molar-refractivity contribution is -0.143. The molecule has 0 radical (unpaired) electrons. The molecule has 0 aromatic carbocycles. The maximum Gasteiger partial charge on any atom is 0.402 e. The molecule has 22 heavy (non-hydrogen) atoms. The average molecular weight is 325 g/mol. The fourth-order valence-electron chi connectivity index (χ4n) is 0.783. The second-order valence-corrected chi connectivity index (χ2v) is 4.27. The molecule has 0 aliphatic heterocycles. The number of hydrogen-bond acceptors (Lipinski definition) is 7. The van der Waals surface area contributed by atoms with E-state index in [1.807, 2.05) is 0 Å². The highest BCUT2D eigenvalue weighted by Gasteiger charge is 2.25. The van der Waals surface area contributed by atoms with Crippen molar-refractivity contribution in [3.8, 4) is 0 Å². The molecule has 0 spiro atoms. The molecule has 0 fully saturated rings. The third-order valence-corrected chi connectivity index (χ3v) is 2.27. The van der Waals surface area contributed by atoms with Gasteiger partial charge in [-0.05, 0) is 25.8 Å². The van der Waals surface area contributed by atoms with Crippen molar-refractivity contribution in [3.05, 3.63) is 0 Å². The Kier molecular flexibility index (Phi) is 15.9. The van der Waals surface area contributed by atoms with Gasteiger partial charge in [0.05, 0.1) is 0 Å². The van der Waals surface area contributed by atoms with E-state index in [1.165, 1.54) is 0 Å². The molecule has 0 aliphatic rings. The monoisotopic (exact) mass is 325 g/mol. The van der Waals surface area contributed by atoms with Crippen LogP contribution in [-0.2, 0) is 9.59 Å². The minimum atomic E-state index is -1.54. The Balaban J connectivity index is -0.000000269. The minimum Gasteiger partial charge on any atom is -0.480 e. The fourth-order valence-corrected chi connectivity index (χ4v) is 0.783. The van der Waals surface area contributed by atoms with Gasteiger partial charge in [-0.1, -0.05) is 13.3 Å². The Morgan fingerprint density at radius 2 is 1.50 bits per heavy atom. The van der Waals surface area contributed by atoms with Crippen LogP contribution in [0, 0.1) is 0 Å². The van der Waals surface area contributed by atoms with E-state index in [4.69, 9.17) is 43.0 Å². The lowest BCUT2D eigenvalue weighted by atomic mass is 10.1.